The molecule has 0 bridgehead atoms. The molecule has 0 radical (unpaired) electrons. The Morgan fingerprint density at radius 3 is 2.84 bits per heavy atom. The Labute approximate surface area is 145 Å². The second-order valence-corrected chi connectivity index (χ2v) is 5.84. The van der Waals surface area contributed by atoms with Gasteiger partial charge in [0.1, 0.15) is 22.5 Å². The monoisotopic (exact) mass is 354 g/mol. The zero-order valence-electron chi connectivity index (χ0n) is 12.8. The summed E-state index contributed by atoms with van der Waals surface area (Å²) in [6, 6.07) is 13.0. The van der Waals surface area contributed by atoms with Crippen LogP contribution in [0.5, 0.6) is 0 Å². The van der Waals surface area contributed by atoms with E-state index in [9.17, 15) is 9.18 Å². The third-order valence-corrected chi connectivity index (χ3v) is 4.20. The van der Waals surface area contributed by atoms with Gasteiger partial charge in [-0.2, -0.15) is 8.75 Å². The van der Waals surface area contributed by atoms with Gasteiger partial charge >= 0.3 is 0 Å². The van der Waals surface area contributed by atoms with E-state index in [-0.39, 0.29) is 18.3 Å². The number of hydrogen-bond acceptors (Lipinski definition) is 6. The van der Waals surface area contributed by atoms with Gasteiger partial charge in [-0.05, 0) is 30.3 Å². The fourth-order valence-corrected chi connectivity index (χ4v) is 2.90. The van der Waals surface area contributed by atoms with E-state index in [1.54, 1.807) is 42.5 Å². The Bertz CT molecular complexity index is 1060. The van der Waals surface area contributed by atoms with Gasteiger partial charge < -0.3 is 9.84 Å². The number of rotatable bonds is 4. The number of nitrogens with one attached hydrogen (secondary N) is 1. The van der Waals surface area contributed by atoms with Crippen LogP contribution in [0, 0.1) is 5.82 Å². The summed E-state index contributed by atoms with van der Waals surface area (Å²) in [7, 11) is 0. The molecule has 25 heavy (non-hydrogen) atoms. The van der Waals surface area contributed by atoms with Crippen LogP contribution in [-0.4, -0.2) is 19.8 Å². The van der Waals surface area contributed by atoms with Crippen molar-refractivity contribution < 1.29 is 13.7 Å². The quantitative estimate of drug-likeness (QED) is 0.607. The lowest BCUT2D eigenvalue weighted by atomic mass is 10.1. The average Bonchev–Trinajstić information content (AvgIpc) is 3.28. The number of carbonyl (C=O) groups is 1. The minimum atomic E-state index is -0.389. The smallest absolute Gasteiger partial charge is 0.251 e. The Morgan fingerprint density at radius 1 is 1.12 bits per heavy atom. The topological polar surface area (TPSA) is 80.9 Å². The van der Waals surface area contributed by atoms with Crippen LogP contribution in [0.4, 0.5) is 4.39 Å². The second-order valence-electron chi connectivity index (χ2n) is 5.31. The molecule has 4 rings (SSSR count). The number of fused-ring (bicyclic) bond motifs is 1. The number of halogens is 1. The highest BCUT2D eigenvalue weighted by Crippen LogP contribution is 2.23. The number of aromatic nitrogens is 3. The van der Waals surface area contributed by atoms with Gasteiger partial charge in [0.2, 0.25) is 0 Å². The van der Waals surface area contributed by atoms with Crippen molar-refractivity contribution in [2.45, 2.75) is 6.54 Å². The van der Waals surface area contributed by atoms with Crippen LogP contribution in [0.3, 0.4) is 0 Å². The highest BCUT2D eigenvalue weighted by atomic mass is 32.1. The molecular formula is C17H11FN4O2S. The molecule has 1 amide bonds. The predicted octanol–water partition coefficient (Wildman–Crippen LogP) is 3.42. The van der Waals surface area contributed by atoms with E-state index in [1.807, 2.05) is 0 Å². The van der Waals surface area contributed by atoms with Crippen molar-refractivity contribution in [1.29, 1.82) is 0 Å². The van der Waals surface area contributed by atoms with Gasteiger partial charge in [0, 0.05) is 11.6 Å². The standard InChI is InChI=1S/C17H11FN4O2S/c18-13-4-2-1-3-12(13)16-8-11(20-24-16)9-19-17(23)10-5-6-14-15(7-10)22-25-21-14/h1-8H,9H2,(H,19,23). The summed E-state index contributed by atoms with van der Waals surface area (Å²) in [4.78, 5) is 12.2. The SMILES string of the molecule is O=C(NCc1cc(-c2ccccc2F)on1)c1ccc2nsnc2c1. The lowest BCUT2D eigenvalue weighted by Gasteiger charge is -2.02. The largest absolute Gasteiger partial charge is 0.356 e. The maximum atomic E-state index is 13.8. The molecule has 2 heterocycles. The minimum absolute atomic E-state index is 0.171. The maximum Gasteiger partial charge on any atom is 0.251 e. The van der Waals surface area contributed by atoms with Crippen molar-refractivity contribution in [1.82, 2.24) is 19.2 Å². The summed E-state index contributed by atoms with van der Waals surface area (Å²) < 4.78 is 27.1. The van der Waals surface area contributed by atoms with Gasteiger partial charge in [-0.1, -0.05) is 17.3 Å². The Morgan fingerprint density at radius 2 is 1.96 bits per heavy atom. The molecular weight excluding hydrogens is 343 g/mol. The first-order valence-electron chi connectivity index (χ1n) is 7.42. The molecule has 1 N–H and O–H groups in total. The number of benzene rings is 2. The van der Waals surface area contributed by atoms with E-state index in [4.69, 9.17) is 4.52 Å². The molecule has 0 saturated carbocycles. The van der Waals surface area contributed by atoms with Crippen molar-refractivity contribution in [3.63, 3.8) is 0 Å². The molecule has 2 aromatic carbocycles. The first-order valence-corrected chi connectivity index (χ1v) is 8.15. The second kappa shape index (κ2) is 6.40. The van der Waals surface area contributed by atoms with Gasteiger partial charge in [-0.25, -0.2) is 4.39 Å². The van der Waals surface area contributed by atoms with Gasteiger partial charge in [-0.15, -0.1) is 0 Å². The van der Waals surface area contributed by atoms with E-state index in [0.717, 1.165) is 17.2 Å². The van der Waals surface area contributed by atoms with E-state index in [0.29, 0.717) is 28.1 Å². The Balaban J connectivity index is 1.46. The van der Waals surface area contributed by atoms with E-state index >= 15 is 0 Å². The molecule has 0 aliphatic carbocycles. The van der Waals surface area contributed by atoms with Crippen molar-refractivity contribution in [3.05, 3.63) is 65.6 Å². The molecule has 0 saturated heterocycles. The van der Waals surface area contributed by atoms with Gasteiger partial charge in [0.25, 0.3) is 5.91 Å². The summed E-state index contributed by atoms with van der Waals surface area (Å²) in [5.74, 6) is -0.331. The Hall–Kier alpha value is -3.13. The van der Waals surface area contributed by atoms with Crippen LogP contribution in [0.2, 0.25) is 0 Å². The predicted molar refractivity (Wildman–Crippen MR) is 90.5 cm³/mol. The van der Waals surface area contributed by atoms with Crippen LogP contribution in [0.1, 0.15) is 16.1 Å². The lowest BCUT2D eigenvalue weighted by Crippen LogP contribution is -2.22. The normalized spacial score (nSPS) is 10.9. The zero-order valence-corrected chi connectivity index (χ0v) is 13.6. The van der Waals surface area contributed by atoms with Crippen LogP contribution in [0.25, 0.3) is 22.4 Å². The van der Waals surface area contributed by atoms with Crippen LogP contribution in [0.15, 0.2) is 53.1 Å². The Kier molecular flexibility index (Phi) is 3.95. The van der Waals surface area contributed by atoms with Gasteiger partial charge in [0.05, 0.1) is 23.8 Å². The van der Waals surface area contributed by atoms with Crippen LogP contribution >= 0.6 is 11.7 Å². The molecule has 0 aliphatic heterocycles. The summed E-state index contributed by atoms with van der Waals surface area (Å²) in [6.45, 7) is 0.171. The van der Waals surface area contributed by atoms with Crippen molar-refractivity contribution in [2.75, 3.05) is 0 Å². The van der Waals surface area contributed by atoms with Crippen molar-refractivity contribution in [2.24, 2.45) is 0 Å². The molecule has 4 aromatic rings. The lowest BCUT2D eigenvalue weighted by molar-refractivity contribution is 0.0950. The number of nitrogens with zero attached hydrogens (tertiary/aromatic N) is 3. The molecule has 0 atom stereocenters. The molecule has 8 heteroatoms. The number of carbonyl (C=O) groups excluding carboxylic acids is 1. The van der Waals surface area contributed by atoms with Crippen LogP contribution < -0.4 is 5.32 Å². The fraction of sp³-hybridized carbons (Fsp3) is 0.0588. The molecule has 0 unspecified atom stereocenters. The molecule has 0 aliphatic rings. The van der Waals surface area contributed by atoms with Gasteiger partial charge in [-0.3, -0.25) is 4.79 Å². The van der Waals surface area contributed by atoms with E-state index in [2.05, 4.69) is 19.2 Å². The fourth-order valence-electron chi connectivity index (χ4n) is 2.38. The third-order valence-electron chi connectivity index (χ3n) is 3.64. The molecule has 2 aromatic heterocycles. The molecule has 0 fully saturated rings. The van der Waals surface area contributed by atoms with Crippen molar-refractivity contribution >= 4 is 28.7 Å². The van der Waals surface area contributed by atoms with Gasteiger partial charge in [0.15, 0.2) is 5.76 Å². The average molecular weight is 354 g/mol. The first-order chi connectivity index (χ1) is 12.2. The molecule has 0 spiro atoms. The maximum absolute atomic E-state index is 13.8. The highest BCUT2D eigenvalue weighted by molar-refractivity contribution is 7.00. The highest BCUT2D eigenvalue weighted by Gasteiger charge is 2.12. The molecule has 124 valence electrons. The zero-order chi connectivity index (χ0) is 17.2. The minimum Gasteiger partial charge on any atom is -0.356 e. The summed E-state index contributed by atoms with van der Waals surface area (Å²) >= 11 is 1.10. The van der Waals surface area contributed by atoms with Crippen molar-refractivity contribution in [3.8, 4) is 11.3 Å². The third kappa shape index (κ3) is 3.11. The summed E-state index contributed by atoms with van der Waals surface area (Å²) in [5, 5.41) is 6.62. The van der Waals surface area contributed by atoms with E-state index < -0.39 is 0 Å². The van der Waals surface area contributed by atoms with Crippen LogP contribution in [-0.2, 0) is 6.54 Å². The van der Waals surface area contributed by atoms with E-state index in [1.165, 1.54) is 6.07 Å². The number of amides is 1. The summed E-state index contributed by atoms with van der Waals surface area (Å²) in [6.07, 6.45) is 0. The number of hydrogen-bond donors (Lipinski definition) is 1. The summed E-state index contributed by atoms with van der Waals surface area (Å²) in [5.41, 5.74) is 2.75. The first kappa shape index (κ1) is 15.4. The molecule has 6 nitrogen and oxygen atoms in total.